The summed E-state index contributed by atoms with van der Waals surface area (Å²) in [6, 6.07) is 6.94. The highest BCUT2D eigenvalue weighted by molar-refractivity contribution is 6.30. The van der Waals surface area contributed by atoms with E-state index in [1.54, 1.807) is 37.3 Å². The fraction of sp³-hybridized carbons (Fsp3) is 0.348. The minimum Gasteiger partial charge on any atom is -0.478 e. The molecule has 0 saturated heterocycles. The number of alkyl halides is 2. The summed E-state index contributed by atoms with van der Waals surface area (Å²) >= 11 is 6.02. The van der Waals surface area contributed by atoms with Crippen molar-refractivity contribution in [1.29, 1.82) is 0 Å². The molecule has 0 radical (unpaired) electrons. The Hall–Kier alpha value is -3.00. The van der Waals surface area contributed by atoms with Crippen LogP contribution in [0.15, 0.2) is 48.1 Å². The molecule has 2 aromatic rings. The molecule has 0 spiro atoms. The molecule has 0 bridgehead atoms. The fourth-order valence-electron chi connectivity index (χ4n) is 3.59. The van der Waals surface area contributed by atoms with Crippen molar-refractivity contribution in [2.24, 2.45) is 7.05 Å². The fourth-order valence-corrected chi connectivity index (χ4v) is 3.81. The number of aliphatic carboxylic acids is 1. The first kappa shape index (κ1) is 23.7. The number of hydrogen-bond acceptors (Lipinski definition) is 3. The van der Waals surface area contributed by atoms with Gasteiger partial charge in [-0.05, 0) is 43.9 Å². The molecule has 2 N–H and O–H groups in total. The minimum atomic E-state index is -2.87. The van der Waals surface area contributed by atoms with E-state index >= 15 is 0 Å². The van der Waals surface area contributed by atoms with Crippen LogP contribution in [0.3, 0.4) is 0 Å². The van der Waals surface area contributed by atoms with Crippen molar-refractivity contribution < 1.29 is 23.5 Å². The van der Waals surface area contributed by atoms with Crippen molar-refractivity contribution in [1.82, 2.24) is 15.1 Å². The van der Waals surface area contributed by atoms with E-state index in [2.05, 4.69) is 10.4 Å². The molecule has 1 saturated carbocycles. The van der Waals surface area contributed by atoms with Gasteiger partial charge < -0.3 is 10.4 Å². The third-order valence-electron chi connectivity index (χ3n) is 5.45. The molecule has 170 valence electrons. The molecule has 3 rings (SSSR count). The number of aryl methyl sites for hydroxylation is 1. The van der Waals surface area contributed by atoms with Crippen LogP contribution >= 0.6 is 11.6 Å². The predicted molar refractivity (Wildman–Crippen MR) is 117 cm³/mol. The van der Waals surface area contributed by atoms with E-state index in [1.165, 1.54) is 19.2 Å². The number of carboxylic acids is 1. The number of carbonyl (C=O) groups excluding carboxylic acids is 1. The normalized spacial score (nSPS) is 15.4. The number of carbonyl (C=O) groups is 2. The highest BCUT2D eigenvalue weighted by Gasteiger charge is 2.44. The Morgan fingerprint density at radius 1 is 1.38 bits per heavy atom. The SMILES string of the molecule is C/C=C(\C=C/CC1(NC(=O)c2c(Cc3cccc(Cl)c3)nn(C)c2C(F)F)CC1)C(=O)O. The molecule has 1 aliphatic carbocycles. The summed E-state index contributed by atoms with van der Waals surface area (Å²) in [4.78, 5) is 24.2. The van der Waals surface area contributed by atoms with Crippen molar-refractivity contribution >= 4 is 23.5 Å². The quantitative estimate of drug-likeness (QED) is 0.411. The number of carboxylic acid groups (broad SMARTS) is 1. The van der Waals surface area contributed by atoms with E-state index in [9.17, 15) is 18.4 Å². The molecule has 0 atom stereocenters. The Morgan fingerprint density at radius 3 is 2.66 bits per heavy atom. The summed E-state index contributed by atoms with van der Waals surface area (Å²) in [5, 5.41) is 16.7. The lowest BCUT2D eigenvalue weighted by atomic mass is 10.0. The lowest BCUT2D eigenvalue weighted by Gasteiger charge is -2.16. The van der Waals surface area contributed by atoms with Crippen LogP contribution in [0.1, 0.15) is 59.9 Å². The second-order valence-corrected chi connectivity index (χ2v) is 8.26. The van der Waals surface area contributed by atoms with E-state index in [-0.39, 0.29) is 23.3 Å². The Kier molecular flexibility index (Phi) is 7.13. The first-order chi connectivity index (χ1) is 15.2. The van der Waals surface area contributed by atoms with Gasteiger partial charge in [0.1, 0.15) is 5.69 Å². The first-order valence-corrected chi connectivity index (χ1v) is 10.5. The minimum absolute atomic E-state index is 0.127. The van der Waals surface area contributed by atoms with Crippen LogP contribution in [-0.2, 0) is 18.3 Å². The van der Waals surface area contributed by atoms with E-state index in [1.807, 2.05) is 0 Å². The standard InChI is InChI=1S/C23H24ClF2N3O3/c1-3-15(22(31)32)7-5-9-23(10-11-23)27-21(30)18-17(28-29(2)19(18)20(25)26)13-14-6-4-8-16(24)12-14/h3-8,12,20H,9-11,13H2,1-2H3,(H,27,30)(H,31,32)/b7-5-,15-3+. The summed E-state index contributed by atoms with van der Waals surface area (Å²) in [7, 11) is 1.39. The zero-order chi connectivity index (χ0) is 23.5. The van der Waals surface area contributed by atoms with E-state index in [4.69, 9.17) is 16.7 Å². The van der Waals surface area contributed by atoms with Gasteiger partial charge in [-0.2, -0.15) is 5.10 Å². The molecule has 1 amide bonds. The van der Waals surface area contributed by atoms with Gasteiger partial charge in [-0.25, -0.2) is 13.6 Å². The van der Waals surface area contributed by atoms with E-state index in [0.717, 1.165) is 10.2 Å². The molecule has 9 heteroatoms. The molecule has 1 aliphatic rings. The number of allylic oxidation sites excluding steroid dienone is 1. The van der Waals surface area contributed by atoms with Crippen LogP contribution < -0.4 is 5.32 Å². The highest BCUT2D eigenvalue weighted by Crippen LogP contribution is 2.40. The summed E-state index contributed by atoms with van der Waals surface area (Å²) in [6.45, 7) is 1.62. The van der Waals surface area contributed by atoms with E-state index < -0.39 is 29.5 Å². The topological polar surface area (TPSA) is 84.2 Å². The molecule has 6 nitrogen and oxygen atoms in total. The van der Waals surface area contributed by atoms with Gasteiger partial charge >= 0.3 is 5.97 Å². The van der Waals surface area contributed by atoms with Gasteiger partial charge in [-0.3, -0.25) is 9.48 Å². The van der Waals surface area contributed by atoms with Crippen molar-refractivity contribution in [3.63, 3.8) is 0 Å². The zero-order valence-corrected chi connectivity index (χ0v) is 18.5. The van der Waals surface area contributed by atoms with Gasteiger partial charge in [-0.1, -0.05) is 42.0 Å². The molecule has 1 aromatic carbocycles. The number of amides is 1. The maximum absolute atomic E-state index is 13.8. The maximum Gasteiger partial charge on any atom is 0.335 e. The largest absolute Gasteiger partial charge is 0.478 e. The van der Waals surface area contributed by atoms with Gasteiger partial charge in [0, 0.05) is 24.0 Å². The monoisotopic (exact) mass is 463 g/mol. The second kappa shape index (κ2) is 9.65. The maximum atomic E-state index is 13.8. The van der Waals surface area contributed by atoms with Crippen LogP contribution in [0.25, 0.3) is 0 Å². The molecule has 32 heavy (non-hydrogen) atoms. The number of hydrogen-bond donors (Lipinski definition) is 2. The zero-order valence-electron chi connectivity index (χ0n) is 17.7. The summed E-state index contributed by atoms with van der Waals surface area (Å²) in [5.74, 6) is -1.65. The first-order valence-electron chi connectivity index (χ1n) is 10.1. The van der Waals surface area contributed by atoms with Crippen LogP contribution in [-0.4, -0.2) is 32.3 Å². The summed E-state index contributed by atoms with van der Waals surface area (Å²) in [6.07, 6.45) is 3.70. The number of nitrogens with one attached hydrogen (secondary N) is 1. The van der Waals surface area contributed by atoms with Gasteiger partial charge in [0.05, 0.1) is 16.8 Å². The second-order valence-electron chi connectivity index (χ2n) is 7.83. The van der Waals surface area contributed by atoms with Gasteiger partial charge in [0.2, 0.25) is 0 Å². The molecule has 0 unspecified atom stereocenters. The molecule has 0 aliphatic heterocycles. The third kappa shape index (κ3) is 5.43. The molecular weight excluding hydrogens is 440 g/mol. The smallest absolute Gasteiger partial charge is 0.335 e. The molecule has 1 aromatic heterocycles. The average molecular weight is 464 g/mol. The number of halogens is 3. The van der Waals surface area contributed by atoms with Crippen LogP contribution in [0.5, 0.6) is 0 Å². The molecule has 1 heterocycles. The Morgan fingerprint density at radius 2 is 2.09 bits per heavy atom. The summed E-state index contributed by atoms with van der Waals surface area (Å²) in [5.41, 5.74) is -0.000326. The molecule has 1 fully saturated rings. The van der Waals surface area contributed by atoms with Gasteiger partial charge in [-0.15, -0.1) is 0 Å². The number of benzene rings is 1. The van der Waals surface area contributed by atoms with Crippen LogP contribution in [0.4, 0.5) is 8.78 Å². The van der Waals surface area contributed by atoms with Gasteiger partial charge in [0.15, 0.2) is 0 Å². The van der Waals surface area contributed by atoms with E-state index in [0.29, 0.717) is 24.3 Å². The Labute approximate surface area is 189 Å². The number of nitrogens with zero attached hydrogens (tertiary/aromatic N) is 2. The Balaban J connectivity index is 1.84. The van der Waals surface area contributed by atoms with Crippen molar-refractivity contribution in [2.75, 3.05) is 0 Å². The van der Waals surface area contributed by atoms with Gasteiger partial charge in [0.25, 0.3) is 12.3 Å². The lowest BCUT2D eigenvalue weighted by molar-refractivity contribution is -0.132. The third-order valence-corrected chi connectivity index (χ3v) is 5.69. The average Bonchev–Trinajstić information content (AvgIpc) is 3.38. The van der Waals surface area contributed by atoms with Crippen molar-refractivity contribution in [2.45, 2.75) is 44.6 Å². The molecular formula is C23H24ClF2N3O3. The number of aromatic nitrogens is 2. The van der Waals surface area contributed by atoms with Crippen molar-refractivity contribution in [3.8, 4) is 0 Å². The Bertz CT molecular complexity index is 1090. The highest BCUT2D eigenvalue weighted by atomic mass is 35.5. The number of rotatable bonds is 9. The van der Waals surface area contributed by atoms with Crippen LogP contribution in [0.2, 0.25) is 5.02 Å². The lowest BCUT2D eigenvalue weighted by Crippen LogP contribution is -2.37. The predicted octanol–water partition coefficient (Wildman–Crippen LogP) is 4.84. The summed E-state index contributed by atoms with van der Waals surface area (Å²) < 4.78 is 28.6. The van der Waals surface area contributed by atoms with Crippen molar-refractivity contribution in [3.05, 3.63) is 75.6 Å². The van der Waals surface area contributed by atoms with Crippen LogP contribution in [0, 0.1) is 0 Å².